The van der Waals surface area contributed by atoms with E-state index in [1.54, 1.807) is 0 Å². The zero-order valence-electron chi connectivity index (χ0n) is 13.1. The largest absolute Gasteiger partial charge is 0.369 e. The number of nitrogens with zero attached hydrogens (tertiary/aromatic N) is 5. The summed E-state index contributed by atoms with van der Waals surface area (Å²) in [5.74, 6) is 0.595. The molecule has 112 valence electrons. The van der Waals surface area contributed by atoms with Gasteiger partial charge in [-0.3, -0.25) is 9.25 Å². The number of hydrogen-bond donors (Lipinski definition) is 1. The van der Waals surface area contributed by atoms with E-state index in [1.807, 2.05) is 11.7 Å². The zero-order chi connectivity index (χ0) is 14.7. The van der Waals surface area contributed by atoms with Gasteiger partial charge in [0.05, 0.1) is 5.69 Å². The topological polar surface area (TPSA) is 64.9 Å². The van der Waals surface area contributed by atoms with Crippen LogP contribution in [0.4, 0.5) is 5.95 Å². The van der Waals surface area contributed by atoms with Crippen LogP contribution in [0.1, 0.15) is 32.9 Å². The van der Waals surface area contributed by atoms with Gasteiger partial charge in [0.1, 0.15) is 5.52 Å². The fourth-order valence-electron chi connectivity index (χ4n) is 2.67. The monoisotopic (exact) mass is 278 g/mol. The van der Waals surface area contributed by atoms with Crippen molar-refractivity contribution in [1.29, 1.82) is 0 Å². The van der Waals surface area contributed by atoms with Gasteiger partial charge in [-0.25, -0.2) is 4.98 Å². The second-order valence-corrected chi connectivity index (χ2v) is 5.14. The van der Waals surface area contributed by atoms with E-state index in [4.69, 9.17) is 5.73 Å². The maximum Gasteiger partial charge on any atom is 0.202 e. The van der Waals surface area contributed by atoms with E-state index in [0.717, 1.165) is 55.9 Å². The fourth-order valence-corrected chi connectivity index (χ4v) is 2.67. The fraction of sp³-hybridized carbons (Fsp3) is 0.714. The van der Waals surface area contributed by atoms with Crippen LogP contribution in [0.25, 0.3) is 11.2 Å². The van der Waals surface area contributed by atoms with E-state index in [2.05, 4.69) is 40.3 Å². The summed E-state index contributed by atoms with van der Waals surface area (Å²) in [6, 6.07) is 0. The number of hydrogen-bond acceptors (Lipinski definition) is 4. The molecule has 0 amide bonds. The highest BCUT2D eigenvalue weighted by Crippen LogP contribution is 2.21. The highest BCUT2D eigenvalue weighted by atomic mass is 15.4. The Balaban J connectivity index is 2.31. The molecule has 0 atom stereocenters. The summed E-state index contributed by atoms with van der Waals surface area (Å²) in [5, 5.41) is 4.57. The first kappa shape index (κ1) is 14.8. The van der Waals surface area contributed by atoms with Crippen LogP contribution < -0.4 is 5.73 Å². The van der Waals surface area contributed by atoms with E-state index in [9.17, 15) is 0 Å². The SMILES string of the molecule is CCCc1nn(C)c2c1nc(N)n2CCN(CC)CC. The Morgan fingerprint density at radius 3 is 2.50 bits per heavy atom. The van der Waals surface area contributed by atoms with E-state index in [-0.39, 0.29) is 0 Å². The molecule has 20 heavy (non-hydrogen) atoms. The first-order chi connectivity index (χ1) is 9.62. The normalized spacial score (nSPS) is 11.8. The number of aromatic nitrogens is 4. The van der Waals surface area contributed by atoms with E-state index in [1.165, 1.54) is 0 Å². The minimum atomic E-state index is 0.595. The highest BCUT2D eigenvalue weighted by Gasteiger charge is 2.17. The Kier molecular flexibility index (Phi) is 4.65. The lowest BCUT2D eigenvalue weighted by molar-refractivity contribution is 0.292. The van der Waals surface area contributed by atoms with Crippen molar-refractivity contribution in [2.24, 2.45) is 7.05 Å². The molecule has 2 N–H and O–H groups in total. The average molecular weight is 278 g/mol. The summed E-state index contributed by atoms with van der Waals surface area (Å²) in [6.45, 7) is 10.5. The van der Waals surface area contributed by atoms with Crippen molar-refractivity contribution in [3.63, 3.8) is 0 Å². The maximum atomic E-state index is 6.09. The van der Waals surface area contributed by atoms with Gasteiger partial charge in [-0.2, -0.15) is 5.10 Å². The van der Waals surface area contributed by atoms with Gasteiger partial charge >= 0.3 is 0 Å². The van der Waals surface area contributed by atoms with Gasteiger partial charge in [0.2, 0.25) is 5.95 Å². The first-order valence-corrected chi connectivity index (χ1v) is 7.52. The lowest BCUT2D eigenvalue weighted by Crippen LogP contribution is -2.27. The number of likely N-dealkylation sites (N-methyl/N-ethyl adjacent to an activating group) is 1. The molecular weight excluding hydrogens is 252 g/mol. The number of imidazole rings is 1. The standard InChI is InChI=1S/C14H26N6/c1-5-8-11-12-13(18(4)17-11)20(14(15)16-12)10-9-19(6-2)7-3/h5-10H2,1-4H3,(H2,15,16). The smallest absolute Gasteiger partial charge is 0.202 e. The third-order valence-corrected chi connectivity index (χ3v) is 3.84. The number of anilines is 1. The first-order valence-electron chi connectivity index (χ1n) is 7.52. The molecule has 0 fully saturated rings. The number of rotatable bonds is 7. The Bertz CT molecular complexity index is 564. The molecule has 0 saturated carbocycles. The van der Waals surface area contributed by atoms with Crippen molar-refractivity contribution in [1.82, 2.24) is 24.2 Å². The molecule has 0 aliphatic carbocycles. The molecule has 2 aromatic rings. The van der Waals surface area contributed by atoms with Gasteiger partial charge in [-0.05, 0) is 19.5 Å². The van der Waals surface area contributed by atoms with Crippen LogP contribution in [0.5, 0.6) is 0 Å². The van der Waals surface area contributed by atoms with Crippen LogP contribution >= 0.6 is 0 Å². The third-order valence-electron chi connectivity index (χ3n) is 3.84. The van der Waals surface area contributed by atoms with E-state index in [0.29, 0.717) is 5.95 Å². The predicted molar refractivity (Wildman–Crippen MR) is 82.7 cm³/mol. The quantitative estimate of drug-likeness (QED) is 0.836. The van der Waals surface area contributed by atoms with Gasteiger partial charge in [-0.15, -0.1) is 0 Å². The molecule has 6 nitrogen and oxygen atoms in total. The van der Waals surface area contributed by atoms with Crippen molar-refractivity contribution in [2.45, 2.75) is 40.2 Å². The average Bonchev–Trinajstić information content (AvgIpc) is 2.90. The molecular formula is C14H26N6. The maximum absolute atomic E-state index is 6.09. The van der Waals surface area contributed by atoms with Crippen LogP contribution in [0.2, 0.25) is 0 Å². The molecule has 2 aromatic heterocycles. The molecule has 6 heteroatoms. The predicted octanol–water partition coefficient (Wildman–Crippen LogP) is 1.65. The van der Waals surface area contributed by atoms with Crippen molar-refractivity contribution in [3.05, 3.63) is 5.69 Å². The van der Waals surface area contributed by atoms with Crippen LogP contribution in [0.15, 0.2) is 0 Å². The zero-order valence-corrected chi connectivity index (χ0v) is 13.1. The number of fused-ring (bicyclic) bond motifs is 1. The molecule has 0 unspecified atom stereocenters. The molecule has 0 bridgehead atoms. The summed E-state index contributed by atoms with van der Waals surface area (Å²) in [6.07, 6.45) is 2.02. The summed E-state index contributed by atoms with van der Waals surface area (Å²) < 4.78 is 3.99. The summed E-state index contributed by atoms with van der Waals surface area (Å²) in [4.78, 5) is 6.90. The molecule has 0 saturated heterocycles. The van der Waals surface area contributed by atoms with Crippen molar-refractivity contribution < 1.29 is 0 Å². The summed E-state index contributed by atoms with van der Waals surface area (Å²) >= 11 is 0. The molecule has 2 rings (SSSR count). The van der Waals surface area contributed by atoms with Gasteiger partial charge in [0.15, 0.2) is 5.65 Å². The van der Waals surface area contributed by atoms with Crippen molar-refractivity contribution >= 4 is 17.1 Å². The molecule has 0 aliphatic heterocycles. The van der Waals surface area contributed by atoms with E-state index >= 15 is 0 Å². The molecule has 0 aliphatic rings. The number of aryl methyl sites for hydroxylation is 2. The van der Waals surface area contributed by atoms with Crippen LogP contribution in [0.3, 0.4) is 0 Å². The van der Waals surface area contributed by atoms with Crippen LogP contribution in [0, 0.1) is 0 Å². The van der Waals surface area contributed by atoms with Crippen LogP contribution in [-0.2, 0) is 20.0 Å². The van der Waals surface area contributed by atoms with Gasteiger partial charge in [0, 0.05) is 20.1 Å². The lowest BCUT2D eigenvalue weighted by Gasteiger charge is -2.18. The number of nitrogens with two attached hydrogens (primary N) is 1. The third kappa shape index (κ3) is 2.65. The lowest BCUT2D eigenvalue weighted by atomic mass is 10.2. The number of nitrogen functional groups attached to an aromatic ring is 1. The second-order valence-electron chi connectivity index (χ2n) is 5.14. The molecule has 2 heterocycles. The van der Waals surface area contributed by atoms with Crippen LogP contribution in [-0.4, -0.2) is 43.9 Å². The Morgan fingerprint density at radius 2 is 1.90 bits per heavy atom. The molecule has 0 aromatic carbocycles. The van der Waals surface area contributed by atoms with Gasteiger partial charge < -0.3 is 10.6 Å². The minimum Gasteiger partial charge on any atom is -0.369 e. The van der Waals surface area contributed by atoms with Gasteiger partial charge in [-0.1, -0.05) is 27.2 Å². The second kappa shape index (κ2) is 6.26. The highest BCUT2D eigenvalue weighted by molar-refractivity contribution is 5.77. The van der Waals surface area contributed by atoms with Crippen molar-refractivity contribution in [3.8, 4) is 0 Å². The minimum absolute atomic E-state index is 0.595. The Labute approximate surface area is 120 Å². The Hall–Kier alpha value is -1.56. The Morgan fingerprint density at radius 1 is 1.20 bits per heavy atom. The summed E-state index contributed by atoms with van der Waals surface area (Å²) in [7, 11) is 1.97. The van der Waals surface area contributed by atoms with Gasteiger partial charge in [0.25, 0.3) is 0 Å². The van der Waals surface area contributed by atoms with E-state index < -0.39 is 0 Å². The van der Waals surface area contributed by atoms with Crippen molar-refractivity contribution in [2.75, 3.05) is 25.4 Å². The summed E-state index contributed by atoms with van der Waals surface area (Å²) in [5.41, 5.74) is 9.15. The molecule has 0 spiro atoms. The molecule has 0 radical (unpaired) electrons.